The molecule has 13 heavy (non-hydrogen) atoms. The Labute approximate surface area is 86.8 Å². The molecule has 3 heteroatoms. The molecule has 70 valence electrons. The third kappa shape index (κ3) is 2.61. The van der Waals surface area contributed by atoms with E-state index in [1.165, 1.54) is 0 Å². The Hall–Kier alpha value is -0.720. The van der Waals surface area contributed by atoms with Gasteiger partial charge in [-0.15, -0.1) is 11.8 Å². The molecular formula is C10H12BrNO. The van der Waals surface area contributed by atoms with Crippen molar-refractivity contribution >= 4 is 15.9 Å². The van der Waals surface area contributed by atoms with Crippen molar-refractivity contribution in [3.05, 3.63) is 22.6 Å². The first-order valence-corrected chi connectivity index (χ1v) is 4.88. The maximum atomic E-state index is 5.16. The highest BCUT2D eigenvalue weighted by Gasteiger charge is 2.13. The van der Waals surface area contributed by atoms with Crippen LogP contribution in [0, 0.1) is 11.8 Å². The van der Waals surface area contributed by atoms with Gasteiger partial charge in [-0.25, -0.2) is 0 Å². The maximum Gasteiger partial charge on any atom is 0.173 e. The molecule has 1 aromatic heterocycles. The number of rotatable bonds is 3. The van der Waals surface area contributed by atoms with E-state index in [-0.39, 0.29) is 6.04 Å². The van der Waals surface area contributed by atoms with Crippen molar-refractivity contribution in [1.29, 1.82) is 0 Å². The lowest BCUT2D eigenvalue weighted by Gasteiger charge is -2.10. The number of halogens is 1. The fourth-order valence-electron chi connectivity index (χ4n) is 1.13. The van der Waals surface area contributed by atoms with E-state index in [1.807, 2.05) is 20.0 Å². The van der Waals surface area contributed by atoms with Crippen LogP contribution in [0.15, 0.2) is 21.4 Å². The van der Waals surface area contributed by atoms with Gasteiger partial charge < -0.3 is 9.73 Å². The minimum atomic E-state index is 0.237. The summed E-state index contributed by atoms with van der Waals surface area (Å²) in [5.41, 5.74) is 1.12. The minimum Gasteiger partial charge on any atom is -0.457 e. The quantitative estimate of drug-likeness (QED) is 0.824. The Balaban J connectivity index is 2.76. The predicted octanol–water partition coefficient (Wildman–Crippen LogP) is 2.72. The molecule has 1 heterocycles. The second-order valence-electron chi connectivity index (χ2n) is 2.62. The molecule has 1 unspecified atom stereocenters. The maximum absolute atomic E-state index is 5.16. The van der Waals surface area contributed by atoms with Crippen molar-refractivity contribution in [2.45, 2.75) is 19.4 Å². The molecule has 0 fully saturated rings. The van der Waals surface area contributed by atoms with Gasteiger partial charge in [-0.3, -0.25) is 0 Å². The molecule has 0 aliphatic heterocycles. The molecule has 0 aliphatic carbocycles. The lowest BCUT2D eigenvalue weighted by atomic mass is 10.1. The molecule has 1 N–H and O–H groups in total. The van der Waals surface area contributed by atoms with Crippen molar-refractivity contribution in [2.75, 3.05) is 7.05 Å². The monoisotopic (exact) mass is 241 g/mol. The van der Waals surface area contributed by atoms with Gasteiger partial charge in [0.1, 0.15) is 0 Å². The SMILES string of the molecule is CC#CCC(NC)c1ccoc1Br. The van der Waals surface area contributed by atoms with Crippen LogP contribution in [-0.4, -0.2) is 7.05 Å². The Morgan fingerprint density at radius 3 is 2.92 bits per heavy atom. The zero-order chi connectivity index (χ0) is 9.68. The molecule has 0 bridgehead atoms. The average Bonchev–Trinajstić information content (AvgIpc) is 2.54. The topological polar surface area (TPSA) is 25.2 Å². The van der Waals surface area contributed by atoms with Gasteiger partial charge >= 0.3 is 0 Å². The zero-order valence-corrected chi connectivity index (χ0v) is 9.31. The summed E-state index contributed by atoms with van der Waals surface area (Å²) in [4.78, 5) is 0. The molecule has 0 aliphatic rings. The van der Waals surface area contributed by atoms with Gasteiger partial charge in [-0.05, 0) is 36.0 Å². The molecule has 0 radical (unpaired) electrons. The number of hydrogen-bond acceptors (Lipinski definition) is 2. The lowest BCUT2D eigenvalue weighted by molar-refractivity contribution is 0.521. The molecule has 0 amide bonds. The fourth-order valence-corrected chi connectivity index (χ4v) is 1.64. The molecule has 1 rings (SSSR count). The molecule has 0 spiro atoms. The van der Waals surface area contributed by atoms with Crippen molar-refractivity contribution in [3.63, 3.8) is 0 Å². The van der Waals surface area contributed by atoms with E-state index in [0.29, 0.717) is 0 Å². The van der Waals surface area contributed by atoms with Crippen molar-refractivity contribution < 1.29 is 4.42 Å². The van der Waals surface area contributed by atoms with Crippen LogP contribution in [0.4, 0.5) is 0 Å². The molecule has 1 atom stereocenters. The first-order valence-electron chi connectivity index (χ1n) is 4.09. The first-order chi connectivity index (χ1) is 6.29. The van der Waals surface area contributed by atoms with Crippen LogP contribution in [0.5, 0.6) is 0 Å². The summed E-state index contributed by atoms with van der Waals surface area (Å²) in [5, 5.41) is 3.19. The van der Waals surface area contributed by atoms with Crippen LogP contribution >= 0.6 is 15.9 Å². The second kappa shape index (κ2) is 5.11. The third-order valence-electron chi connectivity index (χ3n) is 1.85. The van der Waals surface area contributed by atoms with E-state index in [4.69, 9.17) is 4.42 Å². The fraction of sp³-hybridized carbons (Fsp3) is 0.400. The van der Waals surface area contributed by atoms with E-state index in [1.54, 1.807) is 6.26 Å². The van der Waals surface area contributed by atoms with E-state index >= 15 is 0 Å². The van der Waals surface area contributed by atoms with E-state index in [2.05, 4.69) is 33.1 Å². The number of furan rings is 1. The summed E-state index contributed by atoms with van der Waals surface area (Å²) in [5.74, 6) is 5.92. The summed E-state index contributed by atoms with van der Waals surface area (Å²) in [6.07, 6.45) is 2.47. The third-order valence-corrected chi connectivity index (χ3v) is 2.50. The second-order valence-corrected chi connectivity index (χ2v) is 3.34. The Morgan fingerprint density at radius 1 is 1.69 bits per heavy atom. The first kappa shape index (κ1) is 10.4. The molecule has 1 aromatic rings. The van der Waals surface area contributed by atoms with Crippen LogP contribution in [0.1, 0.15) is 24.9 Å². The van der Waals surface area contributed by atoms with Gasteiger partial charge in [0.2, 0.25) is 0 Å². The zero-order valence-electron chi connectivity index (χ0n) is 7.73. The Morgan fingerprint density at radius 2 is 2.46 bits per heavy atom. The largest absolute Gasteiger partial charge is 0.457 e. The average molecular weight is 242 g/mol. The number of hydrogen-bond donors (Lipinski definition) is 1. The summed E-state index contributed by atoms with van der Waals surface area (Å²) < 4.78 is 5.94. The molecule has 2 nitrogen and oxygen atoms in total. The van der Waals surface area contributed by atoms with Gasteiger partial charge in [0.05, 0.1) is 6.26 Å². The van der Waals surface area contributed by atoms with Crippen LogP contribution < -0.4 is 5.32 Å². The normalized spacial score (nSPS) is 11.9. The van der Waals surface area contributed by atoms with Crippen molar-refractivity contribution in [3.8, 4) is 11.8 Å². The summed E-state index contributed by atoms with van der Waals surface area (Å²) in [6, 6.07) is 2.18. The summed E-state index contributed by atoms with van der Waals surface area (Å²) >= 11 is 3.34. The minimum absolute atomic E-state index is 0.237. The van der Waals surface area contributed by atoms with E-state index in [9.17, 15) is 0 Å². The van der Waals surface area contributed by atoms with Gasteiger partial charge in [-0.1, -0.05) is 0 Å². The van der Waals surface area contributed by atoms with Crippen LogP contribution in [0.25, 0.3) is 0 Å². The lowest BCUT2D eigenvalue weighted by Crippen LogP contribution is -2.15. The van der Waals surface area contributed by atoms with Gasteiger partial charge in [-0.2, -0.15) is 0 Å². The van der Waals surface area contributed by atoms with Crippen molar-refractivity contribution in [2.24, 2.45) is 0 Å². The highest BCUT2D eigenvalue weighted by molar-refractivity contribution is 9.10. The Kier molecular flexibility index (Phi) is 4.07. The van der Waals surface area contributed by atoms with Crippen LogP contribution in [-0.2, 0) is 0 Å². The predicted molar refractivity (Wildman–Crippen MR) is 56.3 cm³/mol. The van der Waals surface area contributed by atoms with E-state index < -0.39 is 0 Å². The summed E-state index contributed by atoms with van der Waals surface area (Å²) in [7, 11) is 1.92. The van der Waals surface area contributed by atoms with Crippen LogP contribution in [0.3, 0.4) is 0 Å². The molecule has 0 aromatic carbocycles. The highest BCUT2D eigenvalue weighted by Crippen LogP contribution is 2.25. The van der Waals surface area contributed by atoms with Gasteiger partial charge in [0, 0.05) is 18.0 Å². The molecular weight excluding hydrogens is 230 g/mol. The molecule has 0 saturated heterocycles. The smallest absolute Gasteiger partial charge is 0.173 e. The highest BCUT2D eigenvalue weighted by atomic mass is 79.9. The van der Waals surface area contributed by atoms with E-state index in [0.717, 1.165) is 16.7 Å². The Bertz CT molecular complexity index is 321. The standard InChI is InChI=1S/C10H12BrNO/c1-3-4-5-9(12-2)8-6-7-13-10(8)11/h6-7,9,12H,5H2,1-2H3. The van der Waals surface area contributed by atoms with Crippen LogP contribution in [0.2, 0.25) is 0 Å². The van der Waals surface area contributed by atoms with Gasteiger partial charge in [0.15, 0.2) is 4.67 Å². The number of nitrogens with one attached hydrogen (secondary N) is 1. The van der Waals surface area contributed by atoms with Crippen molar-refractivity contribution in [1.82, 2.24) is 5.32 Å². The van der Waals surface area contributed by atoms with Gasteiger partial charge in [0.25, 0.3) is 0 Å². The summed E-state index contributed by atoms with van der Waals surface area (Å²) in [6.45, 7) is 1.84. The molecule has 0 saturated carbocycles.